The Labute approximate surface area is 131 Å². The number of hydrogen-bond acceptors (Lipinski definition) is 5. The summed E-state index contributed by atoms with van der Waals surface area (Å²) in [6.45, 7) is 7.74. The minimum absolute atomic E-state index is 0.200. The van der Waals surface area contributed by atoms with Crippen molar-refractivity contribution in [1.82, 2.24) is 9.88 Å². The molecule has 2 bridgehead atoms. The molecule has 22 heavy (non-hydrogen) atoms. The van der Waals surface area contributed by atoms with E-state index < -0.39 is 5.60 Å². The lowest BCUT2D eigenvalue weighted by atomic mass is 10.2. The Balaban J connectivity index is 1.68. The highest BCUT2D eigenvalue weighted by Crippen LogP contribution is 2.35. The molecule has 1 amide bonds. The van der Waals surface area contributed by atoms with Crippen LogP contribution in [0.3, 0.4) is 0 Å². The van der Waals surface area contributed by atoms with Crippen molar-refractivity contribution in [2.24, 2.45) is 5.73 Å². The normalized spacial score (nSPS) is 24.0. The maximum absolute atomic E-state index is 12.3. The highest BCUT2D eigenvalue weighted by Gasteiger charge is 2.46. The van der Waals surface area contributed by atoms with E-state index >= 15 is 0 Å². The first kappa shape index (κ1) is 15.1. The van der Waals surface area contributed by atoms with Crippen molar-refractivity contribution in [3.63, 3.8) is 0 Å². The number of nitrogens with two attached hydrogens (primary N) is 1. The van der Waals surface area contributed by atoms with Gasteiger partial charge in [-0.3, -0.25) is 4.98 Å². The van der Waals surface area contributed by atoms with Crippen LogP contribution in [0.15, 0.2) is 18.5 Å². The topological polar surface area (TPSA) is 71.7 Å². The highest BCUT2D eigenvalue weighted by molar-refractivity contribution is 5.70. The monoisotopic (exact) mass is 304 g/mol. The van der Waals surface area contributed by atoms with Crippen LogP contribution in [-0.4, -0.2) is 46.8 Å². The molecule has 6 heteroatoms. The van der Waals surface area contributed by atoms with E-state index in [1.807, 2.05) is 31.9 Å². The summed E-state index contributed by atoms with van der Waals surface area (Å²) in [5, 5.41) is 0. The van der Waals surface area contributed by atoms with Gasteiger partial charge in [-0.1, -0.05) is 0 Å². The van der Waals surface area contributed by atoms with E-state index in [0.717, 1.165) is 24.2 Å². The lowest BCUT2D eigenvalue weighted by Gasteiger charge is -2.36. The maximum Gasteiger partial charge on any atom is 0.410 e. The van der Waals surface area contributed by atoms with E-state index in [9.17, 15) is 4.79 Å². The number of nitrogens with zero attached hydrogens (tertiary/aromatic N) is 3. The second-order valence-corrected chi connectivity index (χ2v) is 7.08. The van der Waals surface area contributed by atoms with Crippen LogP contribution in [0.5, 0.6) is 0 Å². The third kappa shape index (κ3) is 2.88. The van der Waals surface area contributed by atoms with Crippen molar-refractivity contribution in [3.05, 3.63) is 24.0 Å². The second kappa shape index (κ2) is 5.43. The molecule has 2 saturated heterocycles. The quantitative estimate of drug-likeness (QED) is 0.901. The molecule has 2 atom stereocenters. The Morgan fingerprint density at radius 1 is 1.36 bits per heavy atom. The number of ether oxygens (including phenoxy) is 1. The molecule has 2 fully saturated rings. The second-order valence-electron chi connectivity index (χ2n) is 7.08. The van der Waals surface area contributed by atoms with E-state index in [2.05, 4.69) is 16.0 Å². The van der Waals surface area contributed by atoms with E-state index in [0.29, 0.717) is 19.1 Å². The fourth-order valence-corrected chi connectivity index (χ4v) is 3.27. The summed E-state index contributed by atoms with van der Waals surface area (Å²) in [5.41, 5.74) is 7.37. The Bertz CT molecular complexity index is 570. The van der Waals surface area contributed by atoms with Crippen LogP contribution in [-0.2, 0) is 11.3 Å². The van der Waals surface area contributed by atoms with Gasteiger partial charge >= 0.3 is 6.09 Å². The SMILES string of the molecule is CC(C)(C)OC(=O)N1C[C@@H]2C[C@H]1CN2c1cncc(CN)c1. The molecule has 1 aromatic rings. The summed E-state index contributed by atoms with van der Waals surface area (Å²) < 4.78 is 5.49. The van der Waals surface area contributed by atoms with Crippen LogP contribution in [0.25, 0.3) is 0 Å². The van der Waals surface area contributed by atoms with E-state index in [1.54, 1.807) is 6.20 Å². The Morgan fingerprint density at radius 2 is 2.14 bits per heavy atom. The summed E-state index contributed by atoms with van der Waals surface area (Å²) in [5.74, 6) is 0. The van der Waals surface area contributed by atoms with E-state index in [1.165, 1.54) is 0 Å². The zero-order valence-corrected chi connectivity index (χ0v) is 13.5. The Morgan fingerprint density at radius 3 is 2.73 bits per heavy atom. The first-order chi connectivity index (χ1) is 10.4. The third-order valence-corrected chi connectivity index (χ3v) is 4.22. The van der Waals surface area contributed by atoms with Crippen LogP contribution in [0.2, 0.25) is 0 Å². The summed E-state index contributed by atoms with van der Waals surface area (Å²) in [6.07, 6.45) is 4.46. The first-order valence-electron chi connectivity index (χ1n) is 7.77. The van der Waals surface area contributed by atoms with Crippen molar-refractivity contribution in [2.75, 3.05) is 18.0 Å². The zero-order chi connectivity index (χ0) is 15.9. The molecular formula is C16H24N4O2. The van der Waals surface area contributed by atoms with Crippen LogP contribution >= 0.6 is 0 Å². The average Bonchev–Trinajstić information content (AvgIpc) is 3.05. The molecule has 0 radical (unpaired) electrons. The number of fused-ring (bicyclic) bond motifs is 2. The van der Waals surface area contributed by atoms with Crippen LogP contribution in [0.4, 0.5) is 10.5 Å². The minimum Gasteiger partial charge on any atom is -0.444 e. The first-order valence-corrected chi connectivity index (χ1v) is 7.77. The Hall–Kier alpha value is -1.82. The van der Waals surface area contributed by atoms with Gasteiger partial charge in [0, 0.05) is 31.9 Å². The number of aromatic nitrogens is 1. The number of pyridine rings is 1. The van der Waals surface area contributed by atoms with Gasteiger partial charge in [-0.2, -0.15) is 0 Å². The van der Waals surface area contributed by atoms with E-state index in [-0.39, 0.29) is 12.1 Å². The summed E-state index contributed by atoms with van der Waals surface area (Å²) in [6, 6.07) is 2.65. The van der Waals surface area contributed by atoms with Gasteiger partial charge in [-0.15, -0.1) is 0 Å². The van der Waals surface area contributed by atoms with Gasteiger partial charge in [0.15, 0.2) is 0 Å². The predicted molar refractivity (Wildman–Crippen MR) is 84.6 cm³/mol. The number of anilines is 1. The number of hydrogen-bond donors (Lipinski definition) is 1. The van der Waals surface area contributed by atoms with E-state index in [4.69, 9.17) is 10.5 Å². The standard InChI is InChI=1S/C16H24N4O2/c1-16(2,3)22-15(21)20-10-13-5-14(20)9-19(13)12-4-11(6-17)7-18-8-12/h4,7-8,13-14H,5-6,9-10,17H2,1-3H3/t13-,14-/m0/s1. The molecule has 0 saturated carbocycles. The minimum atomic E-state index is -0.446. The molecule has 120 valence electrons. The number of amides is 1. The highest BCUT2D eigenvalue weighted by atomic mass is 16.6. The lowest BCUT2D eigenvalue weighted by molar-refractivity contribution is 0.0215. The fourth-order valence-electron chi connectivity index (χ4n) is 3.27. The van der Waals surface area contributed by atoms with Gasteiger partial charge in [0.25, 0.3) is 0 Å². The molecule has 0 aliphatic carbocycles. The summed E-state index contributed by atoms with van der Waals surface area (Å²) in [4.78, 5) is 20.7. The van der Waals surface area contributed by atoms with Gasteiger partial charge in [-0.25, -0.2) is 4.79 Å². The van der Waals surface area contributed by atoms with Crippen molar-refractivity contribution in [3.8, 4) is 0 Å². The smallest absolute Gasteiger partial charge is 0.410 e. The third-order valence-electron chi connectivity index (χ3n) is 4.22. The number of carbonyl (C=O) groups is 1. The molecular weight excluding hydrogens is 280 g/mol. The number of likely N-dealkylation sites (tertiary alicyclic amines) is 1. The predicted octanol–water partition coefficient (Wildman–Crippen LogP) is 1.74. The average molecular weight is 304 g/mol. The molecule has 0 aromatic carbocycles. The fraction of sp³-hybridized carbons (Fsp3) is 0.625. The van der Waals surface area contributed by atoms with Gasteiger partial charge in [0.05, 0.1) is 17.9 Å². The molecule has 3 heterocycles. The van der Waals surface area contributed by atoms with Crippen LogP contribution in [0, 0.1) is 0 Å². The summed E-state index contributed by atoms with van der Waals surface area (Å²) >= 11 is 0. The van der Waals surface area contributed by atoms with Crippen molar-refractivity contribution in [1.29, 1.82) is 0 Å². The van der Waals surface area contributed by atoms with Gasteiger partial charge in [-0.05, 0) is 38.8 Å². The maximum atomic E-state index is 12.3. The molecule has 3 rings (SSSR count). The largest absolute Gasteiger partial charge is 0.444 e. The van der Waals surface area contributed by atoms with Gasteiger partial charge < -0.3 is 20.3 Å². The van der Waals surface area contributed by atoms with Crippen molar-refractivity contribution < 1.29 is 9.53 Å². The lowest BCUT2D eigenvalue weighted by Crippen LogP contribution is -2.50. The molecule has 1 aromatic heterocycles. The summed E-state index contributed by atoms with van der Waals surface area (Å²) in [7, 11) is 0. The molecule has 6 nitrogen and oxygen atoms in total. The molecule has 2 aliphatic rings. The number of carbonyl (C=O) groups excluding carboxylic acids is 1. The zero-order valence-electron chi connectivity index (χ0n) is 13.5. The van der Waals surface area contributed by atoms with Crippen molar-refractivity contribution >= 4 is 11.8 Å². The Kier molecular flexibility index (Phi) is 3.72. The molecule has 2 aliphatic heterocycles. The molecule has 2 N–H and O–H groups in total. The van der Waals surface area contributed by atoms with Gasteiger partial charge in [0.2, 0.25) is 0 Å². The van der Waals surface area contributed by atoms with Crippen LogP contribution < -0.4 is 10.6 Å². The molecule has 0 unspecified atom stereocenters. The van der Waals surface area contributed by atoms with Gasteiger partial charge in [0.1, 0.15) is 5.60 Å². The molecule has 0 spiro atoms. The van der Waals surface area contributed by atoms with Crippen LogP contribution in [0.1, 0.15) is 32.8 Å². The van der Waals surface area contributed by atoms with Crippen molar-refractivity contribution in [2.45, 2.75) is 51.4 Å². The number of rotatable bonds is 2. The number of piperazine rings is 1.